The average Bonchev–Trinajstić information content (AvgIpc) is 2.29. The molecule has 2 nitrogen and oxygen atoms in total. The predicted molar refractivity (Wildman–Crippen MR) is 68.7 cm³/mol. The van der Waals surface area contributed by atoms with Crippen molar-refractivity contribution in [2.75, 3.05) is 19.0 Å². The largest absolute Gasteiger partial charge is 0.378 e. The minimum atomic E-state index is 1.02. The van der Waals surface area contributed by atoms with Gasteiger partial charge in [-0.2, -0.15) is 0 Å². The molecule has 0 aliphatic rings. The summed E-state index contributed by atoms with van der Waals surface area (Å²) >= 11 is 0. The van der Waals surface area contributed by atoms with Crippen LogP contribution < -0.4 is 4.90 Å². The SMILES string of the molecule is Cc1cccc(-c2cc(N(C)C)ccn2)c1. The fraction of sp³-hybridized carbons (Fsp3) is 0.214. The van der Waals surface area contributed by atoms with Crippen LogP contribution in [0.4, 0.5) is 5.69 Å². The van der Waals surface area contributed by atoms with E-state index in [1.165, 1.54) is 16.8 Å². The lowest BCUT2D eigenvalue weighted by molar-refractivity contribution is 1.12. The standard InChI is InChI=1S/C14H16N2/c1-11-5-4-6-12(9-11)14-10-13(16(2)3)7-8-15-14/h4-10H,1-3H3. The summed E-state index contributed by atoms with van der Waals surface area (Å²) in [5.41, 5.74) is 4.62. The van der Waals surface area contributed by atoms with Gasteiger partial charge in [0, 0.05) is 31.5 Å². The first-order valence-corrected chi connectivity index (χ1v) is 5.37. The Kier molecular flexibility index (Phi) is 2.91. The van der Waals surface area contributed by atoms with E-state index in [4.69, 9.17) is 0 Å². The molecule has 0 aliphatic carbocycles. The minimum Gasteiger partial charge on any atom is -0.378 e. The summed E-state index contributed by atoms with van der Waals surface area (Å²) < 4.78 is 0. The van der Waals surface area contributed by atoms with E-state index >= 15 is 0 Å². The Morgan fingerprint density at radius 3 is 2.56 bits per heavy atom. The third-order valence-electron chi connectivity index (χ3n) is 2.57. The summed E-state index contributed by atoms with van der Waals surface area (Å²) in [5, 5.41) is 0. The number of nitrogens with zero attached hydrogens (tertiary/aromatic N) is 2. The normalized spacial score (nSPS) is 10.2. The van der Waals surface area contributed by atoms with Crippen molar-refractivity contribution in [3.8, 4) is 11.3 Å². The van der Waals surface area contributed by atoms with E-state index in [0.717, 1.165) is 5.69 Å². The number of hydrogen-bond donors (Lipinski definition) is 0. The lowest BCUT2D eigenvalue weighted by Crippen LogP contribution is -2.08. The summed E-state index contributed by atoms with van der Waals surface area (Å²) in [7, 11) is 4.07. The lowest BCUT2D eigenvalue weighted by atomic mass is 10.1. The van der Waals surface area contributed by atoms with Gasteiger partial charge in [-0.3, -0.25) is 4.98 Å². The van der Waals surface area contributed by atoms with Gasteiger partial charge < -0.3 is 4.90 Å². The molecule has 1 aromatic carbocycles. The van der Waals surface area contributed by atoms with Gasteiger partial charge in [0.15, 0.2) is 0 Å². The van der Waals surface area contributed by atoms with E-state index in [0.29, 0.717) is 0 Å². The molecule has 0 atom stereocenters. The lowest BCUT2D eigenvalue weighted by Gasteiger charge is -2.13. The molecule has 0 N–H and O–H groups in total. The second kappa shape index (κ2) is 4.35. The maximum Gasteiger partial charge on any atom is 0.0722 e. The molecule has 0 unspecified atom stereocenters. The third kappa shape index (κ3) is 2.22. The summed E-state index contributed by atoms with van der Waals surface area (Å²) in [4.78, 5) is 6.49. The molecule has 0 spiro atoms. The maximum absolute atomic E-state index is 4.41. The predicted octanol–water partition coefficient (Wildman–Crippen LogP) is 3.12. The second-order valence-corrected chi connectivity index (χ2v) is 4.16. The molecular weight excluding hydrogens is 196 g/mol. The highest BCUT2D eigenvalue weighted by Gasteiger charge is 2.01. The average molecular weight is 212 g/mol. The van der Waals surface area contributed by atoms with Crippen molar-refractivity contribution in [1.82, 2.24) is 4.98 Å². The molecule has 16 heavy (non-hydrogen) atoms. The van der Waals surface area contributed by atoms with Crippen molar-refractivity contribution >= 4 is 5.69 Å². The van der Waals surface area contributed by atoms with Crippen LogP contribution >= 0.6 is 0 Å². The Labute approximate surface area is 96.6 Å². The zero-order valence-corrected chi connectivity index (χ0v) is 9.94. The Morgan fingerprint density at radius 1 is 1.06 bits per heavy atom. The first-order valence-electron chi connectivity index (χ1n) is 5.37. The zero-order valence-electron chi connectivity index (χ0n) is 9.94. The summed E-state index contributed by atoms with van der Waals surface area (Å²) in [5.74, 6) is 0. The topological polar surface area (TPSA) is 16.1 Å². The molecule has 2 aromatic rings. The van der Waals surface area contributed by atoms with Crippen molar-refractivity contribution in [2.45, 2.75) is 6.92 Å². The number of aryl methyl sites for hydroxylation is 1. The van der Waals surface area contributed by atoms with Gasteiger partial charge in [0.25, 0.3) is 0 Å². The van der Waals surface area contributed by atoms with Gasteiger partial charge in [-0.05, 0) is 25.1 Å². The van der Waals surface area contributed by atoms with Gasteiger partial charge in [0.05, 0.1) is 5.69 Å². The van der Waals surface area contributed by atoms with Gasteiger partial charge >= 0.3 is 0 Å². The van der Waals surface area contributed by atoms with Crippen molar-refractivity contribution < 1.29 is 0 Å². The fourth-order valence-corrected chi connectivity index (χ4v) is 1.66. The van der Waals surface area contributed by atoms with E-state index in [9.17, 15) is 0 Å². The van der Waals surface area contributed by atoms with E-state index in [2.05, 4.69) is 47.1 Å². The molecule has 0 saturated carbocycles. The smallest absolute Gasteiger partial charge is 0.0722 e. The highest BCUT2D eigenvalue weighted by atomic mass is 15.1. The summed E-state index contributed by atoms with van der Waals surface area (Å²) in [6, 6.07) is 12.5. The minimum absolute atomic E-state index is 1.02. The van der Waals surface area contributed by atoms with Crippen LogP contribution in [0, 0.1) is 6.92 Å². The Hall–Kier alpha value is -1.83. The van der Waals surface area contributed by atoms with Crippen LogP contribution in [-0.4, -0.2) is 19.1 Å². The molecular formula is C14H16N2. The molecule has 0 bridgehead atoms. The molecule has 82 valence electrons. The monoisotopic (exact) mass is 212 g/mol. The van der Waals surface area contributed by atoms with Crippen molar-refractivity contribution in [2.24, 2.45) is 0 Å². The Balaban J connectivity index is 2.44. The van der Waals surface area contributed by atoms with Crippen molar-refractivity contribution in [1.29, 1.82) is 0 Å². The number of hydrogen-bond acceptors (Lipinski definition) is 2. The molecule has 2 heteroatoms. The molecule has 1 heterocycles. The van der Waals surface area contributed by atoms with Crippen LogP contribution in [0.2, 0.25) is 0 Å². The summed E-state index contributed by atoms with van der Waals surface area (Å²) in [6.07, 6.45) is 1.85. The van der Waals surface area contributed by atoms with E-state index in [-0.39, 0.29) is 0 Å². The second-order valence-electron chi connectivity index (χ2n) is 4.16. The van der Waals surface area contributed by atoms with E-state index < -0.39 is 0 Å². The Morgan fingerprint density at radius 2 is 1.88 bits per heavy atom. The van der Waals surface area contributed by atoms with E-state index in [1.54, 1.807) is 0 Å². The van der Waals surface area contributed by atoms with Crippen LogP contribution in [0.25, 0.3) is 11.3 Å². The molecule has 1 aromatic heterocycles. The third-order valence-corrected chi connectivity index (χ3v) is 2.57. The van der Waals surface area contributed by atoms with Gasteiger partial charge in [0.2, 0.25) is 0 Å². The van der Waals surface area contributed by atoms with Gasteiger partial charge in [-0.25, -0.2) is 0 Å². The Bertz CT molecular complexity index is 490. The van der Waals surface area contributed by atoms with Gasteiger partial charge in [-0.1, -0.05) is 23.8 Å². The number of aromatic nitrogens is 1. The van der Waals surface area contributed by atoms with Crippen LogP contribution in [0.15, 0.2) is 42.6 Å². The van der Waals surface area contributed by atoms with Crippen LogP contribution in [0.3, 0.4) is 0 Å². The van der Waals surface area contributed by atoms with Crippen LogP contribution in [-0.2, 0) is 0 Å². The molecule has 0 saturated heterocycles. The fourth-order valence-electron chi connectivity index (χ4n) is 1.66. The quantitative estimate of drug-likeness (QED) is 0.760. The highest BCUT2D eigenvalue weighted by molar-refractivity contribution is 5.64. The van der Waals surface area contributed by atoms with E-state index in [1.807, 2.05) is 26.4 Å². The zero-order chi connectivity index (χ0) is 11.5. The maximum atomic E-state index is 4.41. The van der Waals surface area contributed by atoms with Crippen molar-refractivity contribution in [3.63, 3.8) is 0 Å². The molecule has 2 rings (SSSR count). The molecule has 0 fully saturated rings. The van der Waals surface area contributed by atoms with Gasteiger partial charge in [-0.15, -0.1) is 0 Å². The number of pyridine rings is 1. The number of rotatable bonds is 2. The van der Waals surface area contributed by atoms with Gasteiger partial charge in [0.1, 0.15) is 0 Å². The molecule has 0 amide bonds. The van der Waals surface area contributed by atoms with Crippen LogP contribution in [0.5, 0.6) is 0 Å². The highest BCUT2D eigenvalue weighted by Crippen LogP contribution is 2.21. The van der Waals surface area contributed by atoms with Crippen molar-refractivity contribution in [3.05, 3.63) is 48.2 Å². The molecule has 0 aliphatic heterocycles. The summed E-state index contributed by atoms with van der Waals surface area (Å²) in [6.45, 7) is 2.10. The first kappa shape index (κ1) is 10.7. The van der Waals surface area contributed by atoms with Crippen LogP contribution in [0.1, 0.15) is 5.56 Å². The molecule has 0 radical (unpaired) electrons. The first-order chi connectivity index (χ1) is 7.66. The number of benzene rings is 1. The number of anilines is 1.